The van der Waals surface area contributed by atoms with Crippen LogP contribution >= 0.6 is 0 Å². The maximum atomic E-state index is 7.73. The van der Waals surface area contributed by atoms with Gasteiger partial charge >= 0.3 is 0 Å². The van der Waals surface area contributed by atoms with Gasteiger partial charge in [0, 0.05) is 18.8 Å². The zero-order valence-corrected chi connectivity index (χ0v) is 12.9. The lowest BCUT2D eigenvalue weighted by molar-refractivity contribution is 0.199. The number of nitrogens with zero attached hydrogens (tertiary/aromatic N) is 2. The molecule has 1 aliphatic heterocycles. The molecule has 20 heavy (non-hydrogen) atoms. The number of nitrogens with one attached hydrogen (secondary N) is 1. The summed E-state index contributed by atoms with van der Waals surface area (Å²) in [5.74, 6) is 0.994. The molecule has 4 heteroatoms. The molecule has 110 valence electrons. The van der Waals surface area contributed by atoms with Crippen LogP contribution in [0.3, 0.4) is 0 Å². The molecule has 2 heterocycles. The van der Waals surface area contributed by atoms with Crippen molar-refractivity contribution in [3.8, 4) is 0 Å². The van der Waals surface area contributed by atoms with Gasteiger partial charge in [-0.25, -0.2) is 4.98 Å². The Labute approximate surface area is 121 Å². The first-order chi connectivity index (χ1) is 9.51. The topological polar surface area (TPSA) is 66.0 Å². The highest BCUT2D eigenvalue weighted by Crippen LogP contribution is 2.39. The fourth-order valence-corrected chi connectivity index (χ4v) is 3.14. The van der Waals surface area contributed by atoms with Gasteiger partial charge in [-0.1, -0.05) is 26.7 Å². The van der Waals surface area contributed by atoms with Gasteiger partial charge in [0.2, 0.25) is 0 Å². The summed E-state index contributed by atoms with van der Waals surface area (Å²) in [7, 11) is 0. The van der Waals surface area contributed by atoms with Crippen molar-refractivity contribution >= 4 is 11.7 Å². The molecule has 1 aliphatic rings. The Morgan fingerprint density at radius 2 is 1.90 bits per heavy atom. The lowest BCUT2D eigenvalue weighted by Crippen LogP contribution is -2.41. The first-order valence-electron chi connectivity index (χ1n) is 7.58. The number of aryl methyl sites for hydroxylation is 1. The molecule has 0 spiro atoms. The third kappa shape index (κ3) is 2.79. The van der Waals surface area contributed by atoms with Crippen molar-refractivity contribution in [2.75, 3.05) is 18.0 Å². The first-order valence-corrected chi connectivity index (χ1v) is 7.58. The van der Waals surface area contributed by atoms with E-state index in [1.807, 2.05) is 19.1 Å². The number of rotatable bonds is 4. The van der Waals surface area contributed by atoms with Crippen LogP contribution in [-0.4, -0.2) is 23.9 Å². The Kier molecular flexibility index (Phi) is 4.31. The van der Waals surface area contributed by atoms with Gasteiger partial charge in [-0.2, -0.15) is 0 Å². The van der Waals surface area contributed by atoms with Crippen molar-refractivity contribution < 1.29 is 0 Å². The van der Waals surface area contributed by atoms with Crippen LogP contribution in [-0.2, 0) is 0 Å². The van der Waals surface area contributed by atoms with Crippen LogP contribution in [0.15, 0.2) is 12.1 Å². The monoisotopic (exact) mass is 274 g/mol. The smallest absolute Gasteiger partial charge is 0.139 e. The van der Waals surface area contributed by atoms with Crippen LogP contribution in [0.4, 0.5) is 5.82 Å². The molecule has 0 radical (unpaired) electrons. The van der Waals surface area contributed by atoms with Gasteiger partial charge in [-0.05, 0) is 37.3 Å². The number of nitrogen functional groups attached to an aromatic ring is 1. The van der Waals surface area contributed by atoms with Gasteiger partial charge in [0.15, 0.2) is 0 Å². The molecule has 3 N–H and O–H groups in total. The Hall–Kier alpha value is -1.58. The van der Waals surface area contributed by atoms with E-state index < -0.39 is 0 Å². The standard InChI is InChI=1S/C16H26N4/c1-4-16(5-2)8-10-20(11-9-16)15-13(14(17)18)7-6-12(3)19-15/h6-7H,4-5,8-11H2,1-3H3,(H3,17,18). The number of aromatic nitrogens is 1. The number of hydrogen-bond donors (Lipinski definition) is 2. The molecule has 0 unspecified atom stereocenters. The van der Waals surface area contributed by atoms with E-state index in [0.717, 1.165) is 30.2 Å². The van der Waals surface area contributed by atoms with E-state index in [9.17, 15) is 0 Å². The lowest BCUT2D eigenvalue weighted by atomic mass is 9.74. The highest BCUT2D eigenvalue weighted by molar-refractivity contribution is 5.99. The van der Waals surface area contributed by atoms with Crippen LogP contribution < -0.4 is 10.6 Å². The number of pyridine rings is 1. The Bertz CT molecular complexity index is 481. The predicted octanol–water partition coefficient (Wildman–Crippen LogP) is 3.08. The fourth-order valence-electron chi connectivity index (χ4n) is 3.14. The third-order valence-corrected chi connectivity index (χ3v) is 4.93. The van der Waals surface area contributed by atoms with Crippen molar-refractivity contribution in [2.45, 2.75) is 46.5 Å². The van der Waals surface area contributed by atoms with Crippen LogP contribution in [0.25, 0.3) is 0 Å². The van der Waals surface area contributed by atoms with Gasteiger partial charge in [0.1, 0.15) is 11.7 Å². The minimum Gasteiger partial charge on any atom is -0.384 e. The SMILES string of the molecule is CCC1(CC)CCN(c2nc(C)ccc2C(=N)N)CC1. The Morgan fingerprint density at radius 3 is 2.40 bits per heavy atom. The maximum absolute atomic E-state index is 7.73. The second-order valence-electron chi connectivity index (χ2n) is 5.93. The summed E-state index contributed by atoms with van der Waals surface area (Å²) >= 11 is 0. The van der Waals surface area contributed by atoms with E-state index in [-0.39, 0.29) is 5.84 Å². The Morgan fingerprint density at radius 1 is 1.30 bits per heavy atom. The fraction of sp³-hybridized carbons (Fsp3) is 0.625. The maximum Gasteiger partial charge on any atom is 0.139 e. The molecule has 2 rings (SSSR count). The molecule has 1 aromatic rings. The molecular formula is C16H26N4. The largest absolute Gasteiger partial charge is 0.384 e. The molecule has 0 bridgehead atoms. The summed E-state index contributed by atoms with van der Waals surface area (Å²) in [5.41, 5.74) is 7.93. The molecule has 0 aliphatic carbocycles. The molecule has 0 atom stereocenters. The van der Waals surface area contributed by atoms with Gasteiger partial charge in [0.05, 0.1) is 5.56 Å². The second kappa shape index (κ2) is 5.81. The molecule has 1 aromatic heterocycles. The van der Waals surface area contributed by atoms with Crippen molar-refractivity contribution in [1.82, 2.24) is 4.98 Å². The highest BCUT2D eigenvalue weighted by Gasteiger charge is 2.32. The first kappa shape index (κ1) is 14.8. The minimum atomic E-state index is 0.107. The zero-order chi connectivity index (χ0) is 14.8. The van der Waals surface area contributed by atoms with Crippen LogP contribution in [0, 0.1) is 17.7 Å². The number of nitrogens with two attached hydrogens (primary N) is 1. The molecular weight excluding hydrogens is 248 g/mol. The molecule has 0 amide bonds. The van der Waals surface area contributed by atoms with Crippen molar-refractivity contribution in [3.63, 3.8) is 0 Å². The highest BCUT2D eigenvalue weighted by atomic mass is 15.2. The van der Waals surface area contributed by atoms with E-state index in [2.05, 4.69) is 23.7 Å². The van der Waals surface area contributed by atoms with E-state index in [4.69, 9.17) is 11.1 Å². The van der Waals surface area contributed by atoms with Gasteiger partial charge in [0.25, 0.3) is 0 Å². The predicted molar refractivity (Wildman–Crippen MR) is 84.5 cm³/mol. The average molecular weight is 274 g/mol. The van der Waals surface area contributed by atoms with Crippen LogP contribution in [0.2, 0.25) is 0 Å². The Balaban J connectivity index is 2.22. The summed E-state index contributed by atoms with van der Waals surface area (Å²) < 4.78 is 0. The zero-order valence-electron chi connectivity index (χ0n) is 12.9. The average Bonchev–Trinajstić information content (AvgIpc) is 2.47. The molecule has 1 saturated heterocycles. The summed E-state index contributed by atoms with van der Waals surface area (Å²) in [4.78, 5) is 6.92. The lowest BCUT2D eigenvalue weighted by Gasteiger charge is -2.42. The van der Waals surface area contributed by atoms with E-state index in [1.54, 1.807) is 0 Å². The summed E-state index contributed by atoms with van der Waals surface area (Å²) in [6.07, 6.45) is 4.90. The number of hydrogen-bond acceptors (Lipinski definition) is 3. The normalized spacial score (nSPS) is 18.1. The summed E-state index contributed by atoms with van der Waals surface area (Å²) in [6, 6.07) is 3.84. The number of anilines is 1. The van der Waals surface area contributed by atoms with Gasteiger partial charge < -0.3 is 10.6 Å². The molecule has 0 aromatic carbocycles. The molecule has 4 nitrogen and oxygen atoms in total. The van der Waals surface area contributed by atoms with E-state index in [1.165, 1.54) is 25.7 Å². The molecule has 1 fully saturated rings. The quantitative estimate of drug-likeness (QED) is 0.655. The number of amidine groups is 1. The van der Waals surface area contributed by atoms with Crippen LogP contribution in [0.5, 0.6) is 0 Å². The van der Waals surface area contributed by atoms with E-state index >= 15 is 0 Å². The third-order valence-electron chi connectivity index (χ3n) is 4.93. The molecule has 0 saturated carbocycles. The minimum absolute atomic E-state index is 0.107. The van der Waals surface area contributed by atoms with Crippen molar-refractivity contribution in [1.29, 1.82) is 5.41 Å². The van der Waals surface area contributed by atoms with Gasteiger partial charge in [-0.15, -0.1) is 0 Å². The van der Waals surface area contributed by atoms with Crippen molar-refractivity contribution in [3.05, 3.63) is 23.4 Å². The summed E-state index contributed by atoms with van der Waals surface area (Å²) in [6.45, 7) is 8.60. The van der Waals surface area contributed by atoms with Gasteiger partial charge in [-0.3, -0.25) is 5.41 Å². The summed E-state index contributed by atoms with van der Waals surface area (Å²) in [5, 5.41) is 7.73. The second-order valence-corrected chi connectivity index (χ2v) is 5.93. The number of piperidine rings is 1. The van der Waals surface area contributed by atoms with Crippen LogP contribution in [0.1, 0.15) is 50.8 Å². The van der Waals surface area contributed by atoms with Crippen molar-refractivity contribution in [2.24, 2.45) is 11.1 Å². The van der Waals surface area contributed by atoms with E-state index in [0.29, 0.717) is 5.41 Å².